The topological polar surface area (TPSA) is 85.5 Å². The third-order valence-corrected chi connectivity index (χ3v) is 6.82. The molecule has 2 atom stereocenters. The molecule has 1 saturated carbocycles. The van der Waals surface area contributed by atoms with E-state index in [0.29, 0.717) is 46.7 Å². The van der Waals surface area contributed by atoms with Crippen molar-refractivity contribution in [3.63, 3.8) is 0 Å². The van der Waals surface area contributed by atoms with Gasteiger partial charge in [0, 0.05) is 35.3 Å². The molecule has 0 spiro atoms. The van der Waals surface area contributed by atoms with Crippen molar-refractivity contribution in [1.29, 1.82) is 0 Å². The Morgan fingerprint density at radius 2 is 1.84 bits per heavy atom. The zero-order valence-electron chi connectivity index (χ0n) is 22.1. The number of nitrogens with two attached hydrogens (primary N) is 1. The third-order valence-electron chi connectivity index (χ3n) is 6.82. The summed E-state index contributed by atoms with van der Waals surface area (Å²) >= 11 is 0. The van der Waals surface area contributed by atoms with Gasteiger partial charge in [0.1, 0.15) is 24.1 Å². The van der Waals surface area contributed by atoms with Crippen LogP contribution in [0, 0.1) is 18.7 Å². The van der Waals surface area contributed by atoms with Gasteiger partial charge in [-0.25, -0.2) is 14.4 Å². The van der Waals surface area contributed by atoms with Crippen molar-refractivity contribution < 1.29 is 27.0 Å². The van der Waals surface area contributed by atoms with Gasteiger partial charge in [-0.15, -0.1) is 0 Å². The van der Waals surface area contributed by atoms with Gasteiger partial charge < -0.3 is 25.4 Å². The van der Waals surface area contributed by atoms with E-state index < -0.39 is 23.6 Å². The minimum absolute atomic E-state index is 0.164. The first-order chi connectivity index (χ1) is 17.9. The molecule has 3 aromatic rings. The van der Waals surface area contributed by atoms with Gasteiger partial charge in [-0.3, -0.25) is 0 Å². The summed E-state index contributed by atoms with van der Waals surface area (Å²) < 4.78 is 66.6. The lowest BCUT2D eigenvalue weighted by Gasteiger charge is -2.25. The number of aryl methyl sites for hydroxylation is 1. The molecule has 0 aliphatic heterocycles. The Morgan fingerprint density at radius 1 is 1.13 bits per heavy atom. The van der Waals surface area contributed by atoms with Crippen molar-refractivity contribution >= 4 is 22.4 Å². The Bertz CT molecular complexity index is 1310. The second kappa shape index (κ2) is 10.8. The van der Waals surface area contributed by atoms with Gasteiger partial charge >= 0.3 is 6.18 Å². The standard InChI is InChI=1S/C27H33F4N5O2/c1-14(36(4)12-17-6-7-17)13-38-24-10-20-22(11-23(24)37-5)34-16(3)35-26(20)33-15(2)19-8-18(32)9-21(25(19)28)27(29,30)31/h8-11,14-15,17H,6-7,12-13,32H2,1-5H3,(H,33,34,35)/t14-,15+/m0/s1. The average molecular weight is 536 g/mol. The van der Waals surface area contributed by atoms with Crippen LogP contribution in [-0.4, -0.2) is 48.2 Å². The van der Waals surface area contributed by atoms with Crippen LogP contribution in [0.2, 0.25) is 0 Å². The zero-order valence-corrected chi connectivity index (χ0v) is 22.1. The molecule has 4 rings (SSSR count). The van der Waals surface area contributed by atoms with Crippen molar-refractivity contribution in [2.45, 2.75) is 51.9 Å². The van der Waals surface area contributed by atoms with Crippen molar-refractivity contribution in [1.82, 2.24) is 14.9 Å². The second-order valence-electron chi connectivity index (χ2n) is 10.0. The summed E-state index contributed by atoms with van der Waals surface area (Å²) in [5, 5.41) is 3.60. The number of aromatic nitrogens is 2. The second-order valence-corrected chi connectivity index (χ2v) is 10.0. The highest BCUT2D eigenvalue weighted by Gasteiger charge is 2.36. The predicted molar refractivity (Wildman–Crippen MR) is 139 cm³/mol. The van der Waals surface area contributed by atoms with Crippen LogP contribution in [0.3, 0.4) is 0 Å². The minimum atomic E-state index is -4.88. The van der Waals surface area contributed by atoms with Gasteiger partial charge in [0.15, 0.2) is 11.5 Å². The fourth-order valence-electron chi connectivity index (χ4n) is 4.33. The van der Waals surface area contributed by atoms with Gasteiger partial charge in [0.25, 0.3) is 0 Å². The molecule has 1 heterocycles. The Hall–Kier alpha value is -3.34. The molecule has 38 heavy (non-hydrogen) atoms. The highest BCUT2D eigenvalue weighted by Crippen LogP contribution is 2.38. The van der Waals surface area contributed by atoms with E-state index in [9.17, 15) is 17.6 Å². The number of ether oxygens (including phenoxy) is 2. The van der Waals surface area contributed by atoms with Crippen LogP contribution in [0.4, 0.5) is 29.1 Å². The molecular weight excluding hydrogens is 502 g/mol. The molecule has 7 nitrogen and oxygen atoms in total. The Labute approximate surface area is 219 Å². The molecule has 11 heteroatoms. The summed E-state index contributed by atoms with van der Waals surface area (Å²) in [5.41, 5.74) is 4.40. The number of nitrogen functional groups attached to an aromatic ring is 1. The summed E-state index contributed by atoms with van der Waals surface area (Å²) in [7, 11) is 3.61. The summed E-state index contributed by atoms with van der Waals surface area (Å²) in [6.45, 7) is 6.76. The fraction of sp³-hybridized carbons (Fsp3) is 0.481. The predicted octanol–water partition coefficient (Wildman–Crippen LogP) is 5.97. The number of nitrogens with one attached hydrogen (secondary N) is 1. The van der Waals surface area contributed by atoms with Gasteiger partial charge in [0.2, 0.25) is 0 Å². The van der Waals surface area contributed by atoms with E-state index in [4.69, 9.17) is 15.2 Å². The number of anilines is 2. The van der Waals surface area contributed by atoms with Crippen molar-refractivity contribution in [2.75, 3.05) is 38.4 Å². The number of nitrogens with zero attached hydrogens (tertiary/aromatic N) is 3. The summed E-state index contributed by atoms with van der Waals surface area (Å²) in [4.78, 5) is 11.2. The molecule has 3 N–H and O–H groups in total. The molecule has 1 fully saturated rings. The molecule has 0 unspecified atom stereocenters. The van der Waals surface area contributed by atoms with Crippen LogP contribution in [0.1, 0.15) is 49.7 Å². The lowest BCUT2D eigenvalue weighted by molar-refractivity contribution is -0.140. The number of alkyl halides is 3. The van der Waals surface area contributed by atoms with E-state index in [1.165, 1.54) is 26.0 Å². The van der Waals surface area contributed by atoms with E-state index in [-0.39, 0.29) is 17.3 Å². The Morgan fingerprint density at radius 3 is 2.47 bits per heavy atom. The number of likely N-dealkylation sites (N-methyl/N-ethyl adjacent to an activating group) is 1. The number of hydrogen-bond donors (Lipinski definition) is 2. The van der Waals surface area contributed by atoms with Gasteiger partial charge in [-0.2, -0.15) is 13.2 Å². The maximum atomic E-state index is 14.9. The van der Waals surface area contributed by atoms with E-state index in [0.717, 1.165) is 12.5 Å². The number of benzene rings is 2. The van der Waals surface area contributed by atoms with Crippen LogP contribution in [0.15, 0.2) is 24.3 Å². The minimum Gasteiger partial charge on any atom is -0.493 e. The smallest absolute Gasteiger partial charge is 0.419 e. The number of halogens is 4. The van der Waals surface area contributed by atoms with Gasteiger partial charge in [-0.05, 0) is 64.8 Å². The highest BCUT2D eigenvalue weighted by atomic mass is 19.4. The van der Waals surface area contributed by atoms with E-state index >= 15 is 0 Å². The van der Waals surface area contributed by atoms with Crippen LogP contribution in [0.5, 0.6) is 11.5 Å². The molecule has 1 aromatic heterocycles. The Balaban J connectivity index is 1.65. The molecule has 0 saturated heterocycles. The molecule has 206 valence electrons. The molecule has 2 aromatic carbocycles. The SMILES string of the molecule is COc1cc2nc(C)nc(N[C@H](C)c3cc(N)cc(C(F)(F)F)c3F)c2cc1OC[C@H](C)N(C)CC1CC1. The highest BCUT2D eigenvalue weighted by molar-refractivity contribution is 5.92. The first-order valence-electron chi connectivity index (χ1n) is 12.5. The number of hydrogen-bond acceptors (Lipinski definition) is 7. The molecular formula is C27H33F4N5O2. The molecule has 0 radical (unpaired) electrons. The fourth-order valence-corrected chi connectivity index (χ4v) is 4.33. The molecule has 1 aliphatic rings. The van der Waals surface area contributed by atoms with E-state index in [1.54, 1.807) is 26.0 Å². The monoisotopic (exact) mass is 535 g/mol. The van der Waals surface area contributed by atoms with Crippen LogP contribution < -0.4 is 20.5 Å². The van der Waals surface area contributed by atoms with E-state index in [1.807, 2.05) is 0 Å². The van der Waals surface area contributed by atoms with Crippen LogP contribution in [0.25, 0.3) is 10.9 Å². The quantitative estimate of drug-likeness (QED) is 0.244. The largest absolute Gasteiger partial charge is 0.493 e. The number of methoxy groups -OCH3 is 1. The molecule has 1 aliphatic carbocycles. The van der Waals surface area contributed by atoms with Crippen LogP contribution >= 0.6 is 0 Å². The maximum Gasteiger partial charge on any atom is 0.419 e. The average Bonchev–Trinajstić information content (AvgIpc) is 3.66. The van der Waals surface area contributed by atoms with Gasteiger partial charge in [-0.1, -0.05) is 0 Å². The Kier molecular flexibility index (Phi) is 7.87. The zero-order chi connectivity index (χ0) is 27.8. The lowest BCUT2D eigenvalue weighted by Crippen LogP contribution is -2.35. The number of rotatable bonds is 10. The summed E-state index contributed by atoms with van der Waals surface area (Å²) in [5.74, 6) is 1.08. The van der Waals surface area contributed by atoms with Crippen molar-refractivity contribution in [3.05, 3.63) is 47.0 Å². The van der Waals surface area contributed by atoms with E-state index in [2.05, 4.69) is 34.2 Å². The van der Waals surface area contributed by atoms with Crippen LogP contribution in [-0.2, 0) is 6.18 Å². The number of fused-ring (bicyclic) bond motifs is 1. The first-order valence-corrected chi connectivity index (χ1v) is 12.5. The summed E-state index contributed by atoms with van der Waals surface area (Å²) in [6, 6.07) is 4.51. The molecule has 0 amide bonds. The normalized spacial score (nSPS) is 15.5. The first kappa shape index (κ1) is 27.7. The summed E-state index contributed by atoms with van der Waals surface area (Å²) in [6.07, 6.45) is -2.35. The maximum absolute atomic E-state index is 14.9. The third kappa shape index (κ3) is 6.20. The van der Waals surface area contributed by atoms with Crippen molar-refractivity contribution in [2.24, 2.45) is 5.92 Å². The molecule has 0 bridgehead atoms. The van der Waals surface area contributed by atoms with Crippen molar-refractivity contribution in [3.8, 4) is 11.5 Å². The van der Waals surface area contributed by atoms with Gasteiger partial charge in [0.05, 0.1) is 24.2 Å². The lowest BCUT2D eigenvalue weighted by atomic mass is 10.0.